The maximum Gasteiger partial charge on any atom is 0.272 e. The SMILES string of the molecule is Cc1cc(C(=O)N2CCCN(S(C)(=O)=O)CC2)nc2ccccc12. The van der Waals surface area contributed by atoms with Gasteiger partial charge in [0, 0.05) is 31.6 Å². The van der Waals surface area contributed by atoms with E-state index in [9.17, 15) is 13.2 Å². The van der Waals surface area contributed by atoms with E-state index in [1.165, 1.54) is 10.6 Å². The van der Waals surface area contributed by atoms with Crippen molar-refractivity contribution >= 4 is 26.8 Å². The Morgan fingerprint density at radius 1 is 1.12 bits per heavy atom. The Balaban J connectivity index is 1.84. The summed E-state index contributed by atoms with van der Waals surface area (Å²) in [4.78, 5) is 19.0. The van der Waals surface area contributed by atoms with Crippen molar-refractivity contribution in [2.75, 3.05) is 32.4 Å². The van der Waals surface area contributed by atoms with E-state index in [-0.39, 0.29) is 5.91 Å². The molecule has 7 heteroatoms. The van der Waals surface area contributed by atoms with E-state index in [1.807, 2.05) is 37.3 Å². The summed E-state index contributed by atoms with van der Waals surface area (Å²) >= 11 is 0. The molecule has 0 N–H and O–H groups in total. The van der Waals surface area contributed by atoms with Crippen molar-refractivity contribution in [2.45, 2.75) is 13.3 Å². The lowest BCUT2D eigenvalue weighted by Crippen LogP contribution is -2.37. The van der Waals surface area contributed by atoms with Crippen LogP contribution in [0.3, 0.4) is 0 Å². The van der Waals surface area contributed by atoms with Gasteiger partial charge in [-0.15, -0.1) is 0 Å². The molecule has 0 radical (unpaired) electrons. The number of rotatable bonds is 2. The highest BCUT2D eigenvalue weighted by Gasteiger charge is 2.25. The quantitative estimate of drug-likeness (QED) is 0.828. The fourth-order valence-electron chi connectivity index (χ4n) is 3.05. The molecule has 0 unspecified atom stereocenters. The van der Waals surface area contributed by atoms with Crippen molar-refractivity contribution in [3.63, 3.8) is 0 Å². The normalized spacial score (nSPS) is 17.0. The van der Waals surface area contributed by atoms with Gasteiger partial charge in [0.1, 0.15) is 5.69 Å². The van der Waals surface area contributed by atoms with Gasteiger partial charge < -0.3 is 4.90 Å². The van der Waals surface area contributed by atoms with Gasteiger partial charge in [0.2, 0.25) is 10.0 Å². The number of carbonyl (C=O) groups is 1. The van der Waals surface area contributed by atoms with Crippen LogP contribution in [0.15, 0.2) is 30.3 Å². The molecule has 0 spiro atoms. The topological polar surface area (TPSA) is 70.6 Å². The van der Waals surface area contributed by atoms with E-state index < -0.39 is 10.0 Å². The average Bonchev–Trinajstić information content (AvgIpc) is 2.80. The van der Waals surface area contributed by atoms with Crippen LogP contribution in [0, 0.1) is 6.92 Å². The molecule has 1 aliphatic rings. The number of aryl methyl sites for hydroxylation is 1. The van der Waals surface area contributed by atoms with Crippen molar-refractivity contribution < 1.29 is 13.2 Å². The highest BCUT2D eigenvalue weighted by Crippen LogP contribution is 2.19. The van der Waals surface area contributed by atoms with Crippen LogP contribution in [0.2, 0.25) is 0 Å². The first-order chi connectivity index (χ1) is 11.4. The summed E-state index contributed by atoms with van der Waals surface area (Å²) in [5.41, 5.74) is 2.23. The Morgan fingerprint density at radius 2 is 1.88 bits per heavy atom. The molecule has 1 aliphatic heterocycles. The molecule has 1 saturated heterocycles. The fraction of sp³-hybridized carbons (Fsp3) is 0.412. The van der Waals surface area contributed by atoms with Crippen LogP contribution < -0.4 is 0 Å². The first-order valence-corrected chi connectivity index (χ1v) is 9.82. The van der Waals surface area contributed by atoms with E-state index in [4.69, 9.17) is 0 Å². The predicted molar refractivity (Wildman–Crippen MR) is 93.4 cm³/mol. The molecule has 0 bridgehead atoms. The van der Waals surface area contributed by atoms with Crippen molar-refractivity contribution in [3.05, 3.63) is 41.6 Å². The zero-order valence-corrected chi connectivity index (χ0v) is 14.7. The van der Waals surface area contributed by atoms with Crippen molar-refractivity contribution in [1.82, 2.24) is 14.2 Å². The van der Waals surface area contributed by atoms with Crippen LogP contribution in [0.1, 0.15) is 22.5 Å². The number of sulfonamides is 1. The zero-order valence-electron chi connectivity index (χ0n) is 13.9. The number of hydrogen-bond acceptors (Lipinski definition) is 4. The highest BCUT2D eigenvalue weighted by atomic mass is 32.2. The van der Waals surface area contributed by atoms with Crippen LogP contribution in [-0.4, -0.2) is 60.9 Å². The van der Waals surface area contributed by atoms with Gasteiger partial charge in [-0.3, -0.25) is 4.79 Å². The smallest absolute Gasteiger partial charge is 0.272 e. The van der Waals surface area contributed by atoms with Crippen molar-refractivity contribution in [2.24, 2.45) is 0 Å². The third kappa shape index (κ3) is 3.42. The van der Waals surface area contributed by atoms with Crippen LogP contribution in [-0.2, 0) is 10.0 Å². The summed E-state index contributed by atoms with van der Waals surface area (Å²) in [6.07, 6.45) is 1.84. The average molecular weight is 347 g/mol. The lowest BCUT2D eigenvalue weighted by atomic mass is 10.1. The summed E-state index contributed by atoms with van der Waals surface area (Å²) in [5.74, 6) is -0.140. The zero-order chi connectivity index (χ0) is 17.3. The molecule has 1 aromatic heterocycles. The largest absolute Gasteiger partial charge is 0.336 e. The molecular weight excluding hydrogens is 326 g/mol. The second kappa shape index (κ2) is 6.49. The number of fused-ring (bicyclic) bond motifs is 1. The van der Waals surface area contributed by atoms with E-state index in [1.54, 1.807) is 4.90 Å². The molecule has 128 valence electrons. The van der Waals surface area contributed by atoms with Crippen molar-refractivity contribution in [1.29, 1.82) is 0 Å². The van der Waals surface area contributed by atoms with Crippen LogP contribution in [0.4, 0.5) is 0 Å². The molecular formula is C17H21N3O3S. The molecule has 6 nitrogen and oxygen atoms in total. The third-order valence-corrected chi connectivity index (χ3v) is 5.66. The Kier molecular flexibility index (Phi) is 4.56. The summed E-state index contributed by atoms with van der Waals surface area (Å²) in [5, 5.41) is 1.04. The van der Waals surface area contributed by atoms with Gasteiger partial charge in [-0.1, -0.05) is 18.2 Å². The summed E-state index contributed by atoms with van der Waals surface area (Å²) in [6.45, 7) is 3.68. The number of para-hydroxylation sites is 1. The Hall–Kier alpha value is -1.99. The lowest BCUT2D eigenvalue weighted by molar-refractivity contribution is 0.0758. The molecule has 0 aliphatic carbocycles. The van der Waals surface area contributed by atoms with Gasteiger partial charge in [0.15, 0.2) is 0 Å². The first kappa shape index (κ1) is 16.9. The number of aromatic nitrogens is 1. The van der Waals surface area contributed by atoms with E-state index in [2.05, 4.69) is 4.98 Å². The third-order valence-electron chi connectivity index (χ3n) is 4.35. The van der Waals surface area contributed by atoms with Gasteiger partial charge in [-0.05, 0) is 31.0 Å². The number of pyridine rings is 1. The molecule has 1 aromatic carbocycles. The maximum atomic E-state index is 12.8. The number of carbonyl (C=O) groups excluding carboxylic acids is 1. The minimum absolute atomic E-state index is 0.140. The van der Waals surface area contributed by atoms with Gasteiger partial charge in [-0.25, -0.2) is 17.7 Å². The van der Waals surface area contributed by atoms with E-state index in [0.29, 0.717) is 38.3 Å². The second-order valence-corrected chi connectivity index (χ2v) is 8.13. The summed E-state index contributed by atoms with van der Waals surface area (Å²) in [6, 6.07) is 9.55. The molecule has 1 amide bonds. The van der Waals surface area contributed by atoms with Crippen LogP contribution >= 0.6 is 0 Å². The Labute approximate surface area is 142 Å². The van der Waals surface area contributed by atoms with Crippen molar-refractivity contribution in [3.8, 4) is 0 Å². The number of benzene rings is 1. The molecule has 0 atom stereocenters. The van der Waals surface area contributed by atoms with Crippen LogP contribution in [0.25, 0.3) is 10.9 Å². The molecule has 1 fully saturated rings. The number of nitrogens with zero attached hydrogens (tertiary/aromatic N) is 3. The standard InChI is InChI=1S/C17H21N3O3S/c1-13-12-16(18-15-7-4-3-6-14(13)15)17(21)19-8-5-9-20(11-10-19)24(2,22)23/h3-4,6-7,12H,5,8-11H2,1-2H3. The molecule has 2 aromatic rings. The Bertz CT molecular complexity index is 880. The second-order valence-electron chi connectivity index (χ2n) is 6.15. The maximum absolute atomic E-state index is 12.8. The number of hydrogen-bond donors (Lipinski definition) is 0. The Morgan fingerprint density at radius 3 is 2.62 bits per heavy atom. The van der Waals surface area contributed by atoms with Crippen LogP contribution in [0.5, 0.6) is 0 Å². The van der Waals surface area contributed by atoms with Gasteiger partial charge in [0.25, 0.3) is 5.91 Å². The predicted octanol–water partition coefficient (Wildman–Crippen LogP) is 1.65. The van der Waals surface area contributed by atoms with E-state index in [0.717, 1.165) is 16.5 Å². The lowest BCUT2D eigenvalue weighted by Gasteiger charge is -2.21. The van der Waals surface area contributed by atoms with Gasteiger partial charge in [0.05, 0.1) is 11.8 Å². The summed E-state index contributed by atoms with van der Waals surface area (Å²) < 4.78 is 24.8. The van der Waals surface area contributed by atoms with Gasteiger partial charge >= 0.3 is 0 Å². The minimum atomic E-state index is -3.22. The monoisotopic (exact) mass is 347 g/mol. The summed E-state index contributed by atoms with van der Waals surface area (Å²) in [7, 11) is -3.22. The molecule has 2 heterocycles. The van der Waals surface area contributed by atoms with Gasteiger partial charge in [-0.2, -0.15) is 0 Å². The molecule has 24 heavy (non-hydrogen) atoms. The minimum Gasteiger partial charge on any atom is -0.336 e. The number of amides is 1. The first-order valence-electron chi connectivity index (χ1n) is 7.97. The van der Waals surface area contributed by atoms with E-state index >= 15 is 0 Å². The fourth-order valence-corrected chi connectivity index (χ4v) is 3.92. The molecule has 3 rings (SSSR count). The highest BCUT2D eigenvalue weighted by molar-refractivity contribution is 7.88. The molecule has 0 saturated carbocycles.